The number of ether oxygens (including phenoxy) is 1. The second kappa shape index (κ2) is 9.31. The first-order chi connectivity index (χ1) is 16.2. The summed E-state index contributed by atoms with van der Waals surface area (Å²) in [5, 5.41) is 5.92. The zero-order valence-electron chi connectivity index (χ0n) is 17.6. The van der Waals surface area contributed by atoms with Crippen LogP contribution in [0.1, 0.15) is 11.1 Å². The van der Waals surface area contributed by atoms with Gasteiger partial charge in [-0.05, 0) is 39.7 Å². The number of nitrogens with zero attached hydrogens (tertiary/aromatic N) is 2. The molecular formula is C22H18BrF3N6O2. The summed E-state index contributed by atoms with van der Waals surface area (Å²) in [6.45, 7) is 0.311. The van der Waals surface area contributed by atoms with Crippen LogP contribution < -0.4 is 16.4 Å². The van der Waals surface area contributed by atoms with Crippen LogP contribution in [-0.4, -0.2) is 28.2 Å². The number of nitrogens with two attached hydrogens (primary N) is 1. The fourth-order valence-corrected chi connectivity index (χ4v) is 3.94. The number of aromatic nitrogens is 3. The number of benzene rings is 2. The zero-order valence-corrected chi connectivity index (χ0v) is 19.2. The van der Waals surface area contributed by atoms with Crippen LogP contribution in [0, 0.1) is 0 Å². The molecule has 0 aliphatic rings. The molecule has 0 fully saturated rings. The van der Waals surface area contributed by atoms with Crippen LogP contribution in [0.5, 0.6) is 0 Å². The molecule has 0 aliphatic heterocycles. The second-order valence-electron chi connectivity index (χ2n) is 7.15. The number of amides is 1. The Morgan fingerprint density at radius 3 is 2.76 bits per heavy atom. The Kier molecular flexibility index (Phi) is 6.44. The van der Waals surface area contributed by atoms with Crippen molar-refractivity contribution in [2.75, 3.05) is 17.7 Å². The van der Waals surface area contributed by atoms with E-state index in [1.54, 1.807) is 30.3 Å². The molecule has 5 N–H and O–H groups in total. The van der Waals surface area contributed by atoms with Crippen molar-refractivity contribution in [3.8, 4) is 11.3 Å². The van der Waals surface area contributed by atoms with E-state index in [1.165, 1.54) is 13.3 Å². The molecule has 176 valence electrons. The molecule has 2 heterocycles. The topological polar surface area (TPSA) is 118 Å². The molecule has 0 spiro atoms. The van der Waals surface area contributed by atoms with E-state index in [0.717, 1.165) is 11.8 Å². The number of halogens is 4. The molecule has 2 aromatic heterocycles. The van der Waals surface area contributed by atoms with Crippen molar-refractivity contribution in [1.82, 2.24) is 15.0 Å². The predicted molar refractivity (Wildman–Crippen MR) is 126 cm³/mol. The fourth-order valence-electron chi connectivity index (χ4n) is 3.38. The summed E-state index contributed by atoms with van der Waals surface area (Å²) >= 11 is 3.38. The summed E-state index contributed by atoms with van der Waals surface area (Å²) < 4.78 is 46.5. The molecule has 8 nitrogen and oxygen atoms in total. The highest BCUT2D eigenvalue weighted by molar-refractivity contribution is 9.10. The lowest BCUT2D eigenvalue weighted by Gasteiger charge is -2.14. The van der Waals surface area contributed by atoms with Gasteiger partial charge in [0.25, 0.3) is 0 Å². The van der Waals surface area contributed by atoms with Crippen molar-refractivity contribution in [2.24, 2.45) is 5.73 Å². The van der Waals surface area contributed by atoms with Gasteiger partial charge < -0.3 is 20.8 Å². The summed E-state index contributed by atoms with van der Waals surface area (Å²) in [7, 11) is 1.22. The van der Waals surface area contributed by atoms with Crippen LogP contribution in [0.2, 0.25) is 0 Å². The van der Waals surface area contributed by atoms with Crippen molar-refractivity contribution in [3.63, 3.8) is 0 Å². The number of hydrogen-bond acceptors (Lipinski definition) is 6. The number of fused-ring (bicyclic) bond motifs is 1. The Hall–Kier alpha value is -3.64. The summed E-state index contributed by atoms with van der Waals surface area (Å²) in [5.41, 5.74) is 6.88. The number of carbonyl (C=O) groups excluding carboxylic acids is 1. The standard InChI is InChI=1S/C22H18BrF3N6O2/c1-34-21(33)31-16-6-5-13-14(9-28-19(13)17(16)23)18-15(22(24,25)26)10-29-20(32-18)30-12-4-2-3-11(7-12)8-27/h2-7,9-10,28H,8,27H2,1H3,(H,31,33)(H,29,30,32). The first-order valence-electron chi connectivity index (χ1n) is 9.86. The third-order valence-corrected chi connectivity index (χ3v) is 5.81. The maximum atomic E-state index is 13.8. The van der Waals surface area contributed by atoms with Crippen molar-refractivity contribution in [2.45, 2.75) is 12.7 Å². The minimum atomic E-state index is -4.68. The van der Waals surface area contributed by atoms with Gasteiger partial charge in [0, 0.05) is 35.6 Å². The predicted octanol–water partition coefficient (Wildman–Crippen LogP) is 5.79. The Morgan fingerprint density at radius 1 is 1.26 bits per heavy atom. The van der Waals surface area contributed by atoms with E-state index in [2.05, 4.69) is 46.3 Å². The number of H-pyrrole nitrogens is 1. The average Bonchev–Trinajstić information content (AvgIpc) is 3.25. The van der Waals surface area contributed by atoms with Gasteiger partial charge in [0.05, 0.1) is 28.5 Å². The van der Waals surface area contributed by atoms with Crippen LogP contribution in [0.25, 0.3) is 22.2 Å². The monoisotopic (exact) mass is 534 g/mol. The molecule has 0 radical (unpaired) electrons. The first-order valence-corrected chi connectivity index (χ1v) is 10.7. The van der Waals surface area contributed by atoms with E-state index in [4.69, 9.17) is 5.73 Å². The lowest BCUT2D eigenvalue weighted by Crippen LogP contribution is -2.11. The maximum absolute atomic E-state index is 13.8. The molecule has 0 bridgehead atoms. The Labute approximate surface area is 199 Å². The largest absolute Gasteiger partial charge is 0.453 e. The molecule has 4 rings (SSSR count). The van der Waals surface area contributed by atoms with Gasteiger partial charge in [0.1, 0.15) is 5.56 Å². The van der Waals surface area contributed by atoms with Crippen LogP contribution in [0.15, 0.2) is 53.3 Å². The van der Waals surface area contributed by atoms with E-state index in [9.17, 15) is 18.0 Å². The van der Waals surface area contributed by atoms with Crippen molar-refractivity contribution in [1.29, 1.82) is 0 Å². The lowest BCUT2D eigenvalue weighted by molar-refractivity contribution is -0.137. The Morgan fingerprint density at radius 2 is 2.06 bits per heavy atom. The molecule has 0 aliphatic carbocycles. The molecule has 0 unspecified atom stereocenters. The minimum absolute atomic E-state index is 0.00503. The van der Waals surface area contributed by atoms with E-state index < -0.39 is 17.8 Å². The van der Waals surface area contributed by atoms with Crippen molar-refractivity contribution >= 4 is 50.2 Å². The molecule has 12 heteroatoms. The molecular weight excluding hydrogens is 517 g/mol. The third kappa shape index (κ3) is 4.68. The van der Waals surface area contributed by atoms with Gasteiger partial charge in [0.15, 0.2) is 0 Å². The van der Waals surface area contributed by atoms with Gasteiger partial charge in [-0.15, -0.1) is 0 Å². The molecule has 1 amide bonds. The molecule has 0 saturated heterocycles. The number of carbonyl (C=O) groups is 1. The normalized spacial score (nSPS) is 11.5. The van der Waals surface area contributed by atoms with Gasteiger partial charge >= 0.3 is 12.3 Å². The highest BCUT2D eigenvalue weighted by Crippen LogP contribution is 2.41. The number of anilines is 3. The molecule has 34 heavy (non-hydrogen) atoms. The lowest BCUT2D eigenvalue weighted by atomic mass is 10.1. The van der Waals surface area contributed by atoms with Crippen LogP contribution in [0.4, 0.5) is 35.3 Å². The van der Waals surface area contributed by atoms with Crippen molar-refractivity contribution in [3.05, 3.63) is 64.4 Å². The average molecular weight is 535 g/mol. The number of rotatable bonds is 5. The number of hydrogen-bond donors (Lipinski definition) is 4. The number of aromatic amines is 1. The van der Waals surface area contributed by atoms with E-state index in [-0.39, 0.29) is 17.2 Å². The molecule has 0 atom stereocenters. The van der Waals surface area contributed by atoms with Crippen molar-refractivity contribution < 1.29 is 22.7 Å². The summed E-state index contributed by atoms with van der Waals surface area (Å²) in [4.78, 5) is 22.6. The third-order valence-electron chi connectivity index (χ3n) is 4.98. The van der Waals surface area contributed by atoms with Crippen LogP contribution in [0.3, 0.4) is 0 Å². The summed E-state index contributed by atoms with van der Waals surface area (Å²) in [6, 6.07) is 10.2. The van der Waals surface area contributed by atoms with Gasteiger partial charge in [-0.1, -0.05) is 18.2 Å². The quantitative estimate of drug-likeness (QED) is 0.257. The van der Waals surface area contributed by atoms with Crippen LogP contribution >= 0.6 is 15.9 Å². The number of alkyl halides is 3. The molecule has 0 saturated carbocycles. The first kappa shape index (κ1) is 23.5. The highest BCUT2D eigenvalue weighted by atomic mass is 79.9. The fraction of sp³-hybridized carbons (Fsp3) is 0.136. The van der Waals surface area contributed by atoms with Crippen LogP contribution in [-0.2, 0) is 17.5 Å². The SMILES string of the molecule is COC(=O)Nc1ccc2c(-c3nc(Nc4cccc(CN)c4)ncc3C(F)(F)F)c[nH]c2c1Br. The van der Waals surface area contributed by atoms with E-state index >= 15 is 0 Å². The summed E-state index contributed by atoms with van der Waals surface area (Å²) in [6.07, 6.45) is -3.19. The van der Waals surface area contributed by atoms with E-state index in [1.807, 2.05) is 6.07 Å². The highest BCUT2D eigenvalue weighted by Gasteiger charge is 2.36. The van der Waals surface area contributed by atoms with E-state index in [0.29, 0.717) is 33.3 Å². The zero-order chi connectivity index (χ0) is 24.5. The number of nitrogens with one attached hydrogen (secondary N) is 3. The van der Waals surface area contributed by atoms with Gasteiger partial charge in [0.2, 0.25) is 5.95 Å². The Balaban J connectivity index is 1.81. The smallest absolute Gasteiger partial charge is 0.419 e. The van der Waals surface area contributed by atoms with Gasteiger partial charge in [-0.25, -0.2) is 14.8 Å². The minimum Gasteiger partial charge on any atom is -0.453 e. The molecule has 2 aromatic carbocycles. The second-order valence-corrected chi connectivity index (χ2v) is 7.94. The molecule has 4 aromatic rings. The maximum Gasteiger partial charge on any atom is 0.419 e. The number of methoxy groups -OCH3 is 1. The van der Waals surface area contributed by atoms with Gasteiger partial charge in [-0.2, -0.15) is 13.2 Å². The van der Waals surface area contributed by atoms with Gasteiger partial charge in [-0.3, -0.25) is 5.32 Å². The Bertz CT molecular complexity index is 1370. The summed E-state index contributed by atoms with van der Waals surface area (Å²) in [5.74, 6) is -0.00503.